The molecule has 118 valence electrons. The van der Waals surface area contributed by atoms with Crippen LogP contribution < -0.4 is 10.6 Å². The second-order valence-electron chi connectivity index (χ2n) is 4.55. The first kappa shape index (κ1) is 18.8. The predicted molar refractivity (Wildman–Crippen MR) is 71.5 cm³/mol. The van der Waals surface area contributed by atoms with Crippen LogP contribution in [0.2, 0.25) is 0 Å². The van der Waals surface area contributed by atoms with Crippen LogP contribution in [0.5, 0.6) is 0 Å². The van der Waals surface area contributed by atoms with Crippen LogP contribution in [0.15, 0.2) is 0 Å². The van der Waals surface area contributed by atoms with Crippen molar-refractivity contribution < 1.29 is 30.0 Å². The summed E-state index contributed by atoms with van der Waals surface area (Å²) in [5, 5.41) is 39.7. The summed E-state index contributed by atoms with van der Waals surface area (Å²) in [6.07, 6.45) is 1.02. The third kappa shape index (κ3) is 8.05. The van der Waals surface area contributed by atoms with Gasteiger partial charge in [0.15, 0.2) is 0 Å². The number of aliphatic hydroxyl groups is 2. The molecule has 8 heteroatoms. The molecule has 1 heterocycles. The van der Waals surface area contributed by atoms with Crippen molar-refractivity contribution in [1.29, 1.82) is 0 Å². The minimum Gasteiger partial charge on any atom is -0.480 e. The van der Waals surface area contributed by atoms with E-state index in [1.54, 1.807) is 0 Å². The molecule has 1 aliphatic rings. The van der Waals surface area contributed by atoms with Crippen LogP contribution in [-0.2, 0) is 9.59 Å². The van der Waals surface area contributed by atoms with Crippen LogP contribution in [0.3, 0.4) is 0 Å². The SMILES string of the molecule is CCCNC(CCO)C(=O)O.O=C(O)[C@@H]1CC(O)CN1. The van der Waals surface area contributed by atoms with E-state index in [0.29, 0.717) is 19.5 Å². The largest absolute Gasteiger partial charge is 0.480 e. The Hall–Kier alpha value is -1.22. The smallest absolute Gasteiger partial charge is 0.320 e. The molecule has 1 saturated heterocycles. The normalized spacial score (nSPS) is 22.8. The highest BCUT2D eigenvalue weighted by Crippen LogP contribution is 2.05. The van der Waals surface area contributed by atoms with Crippen LogP contribution in [0.25, 0.3) is 0 Å². The third-order valence-electron chi connectivity index (χ3n) is 2.76. The zero-order valence-corrected chi connectivity index (χ0v) is 11.6. The lowest BCUT2D eigenvalue weighted by Gasteiger charge is -2.11. The van der Waals surface area contributed by atoms with Crippen LogP contribution in [0.4, 0.5) is 0 Å². The lowest BCUT2D eigenvalue weighted by Crippen LogP contribution is -2.37. The third-order valence-corrected chi connectivity index (χ3v) is 2.76. The molecule has 0 amide bonds. The number of hydrogen-bond acceptors (Lipinski definition) is 6. The number of rotatable bonds is 7. The van der Waals surface area contributed by atoms with E-state index >= 15 is 0 Å². The number of carboxylic acids is 2. The second kappa shape index (κ2) is 10.6. The number of aliphatic hydroxyl groups excluding tert-OH is 2. The van der Waals surface area contributed by atoms with Gasteiger partial charge in [0, 0.05) is 19.6 Å². The number of carboxylic acid groups (broad SMARTS) is 2. The summed E-state index contributed by atoms with van der Waals surface area (Å²) in [4.78, 5) is 20.6. The van der Waals surface area contributed by atoms with Gasteiger partial charge in [0.05, 0.1) is 6.10 Å². The van der Waals surface area contributed by atoms with Gasteiger partial charge in [-0.2, -0.15) is 0 Å². The Kier molecular flexibility index (Phi) is 9.91. The molecular weight excluding hydrogens is 268 g/mol. The fourth-order valence-electron chi connectivity index (χ4n) is 1.67. The molecule has 3 atom stereocenters. The summed E-state index contributed by atoms with van der Waals surface area (Å²) in [5.41, 5.74) is 0. The first-order valence-corrected chi connectivity index (χ1v) is 6.63. The van der Waals surface area contributed by atoms with E-state index in [0.717, 1.165) is 6.42 Å². The molecule has 0 bridgehead atoms. The molecule has 0 aromatic heterocycles. The van der Waals surface area contributed by atoms with Crippen molar-refractivity contribution in [2.45, 2.75) is 44.4 Å². The van der Waals surface area contributed by atoms with Crippen LogP contribution in [0, 0.1) is 0 Å². The zero-order valence-electron chi connectivity index (χ0n) is 11.6. The summed E-state index contributed by atoms with van der Waals surface area (Å²) in [6.45, 7) is 2.95. The summed E-state index contributed by atoms with van der Waals surface area (Å²) in [6, 6.07) is -1.14. The topological polar surface area (TPSA) is 139 Å². The molecule has 1 rings (SSSR count). The van der Waals surface area contributed by atoms with Crippen molar-refractivity contribution in [3.63, 3.8) is 0 Å². The number of β-amino-alcohol motifs (C(OH)–C–C–N with tert-alkyl or cyclic N) is 1. The average molecular weight is 292 g/mol. The fourth-order valence-corrected chi connectivity index (χ4v) is 1.67. The Morgan fingerprint density at radius 2 is 2.05 bits per heavy atom. The molecule has 20 heavy (non-hydrogen) atoms. The van der Waals surface area contributed by atoms with Gasteiger partial charge in [0.2, 0.25) is 0 Å². The molecule has 0 radical (unpaired) electrons. The minimum atomic E-state index is -0.896. The van der Waals surface area contributed by atoms with Gasteiger partial charge in [-0.25, -0.2) is 0 Å². The highest BCUT2D eigenvalue weighted by molar-refractivity contribution is 5.74. The lowest BCUT2D eigenvalue weighted by atomic mass is 10.2. The number of nitrogens with one attached hydrogen (secondary N) is 2. The van der Waals surface area contributed by atoms with Gasteiger partial charge < -0.3 is 31.1 Å². The van der Waals surface area contributed by atoms with Crippen molar-refractivity contribution in [2.75, 3.05) is 19.7 Å². The van der Waals surface area contributed by atoms with Gasteiger partial charge in [-0.1, -0.05) is 6.92 Å². The first-order chi connectivity index (χ1) is 9.42. The van der Waals surface area contributed by atoms with E-state index in [2.05, 4.69) is 10.6 Å². The van der Waals surface area contributed by atoms with E-state index < -0.39 is 30.1 Å². The maximum atomic E-state index is 10.4. The maximum Gasteiger partial charge on any atom is 0.320 e. The Morgan fingerprint density at radius 3 is 2.35 bits per heavy atom. The molecule has 8 nitrogen and oxygen atoms in total. The molecule has 2 unspecified atom stereocenters. The van der Waals surface area contributed by atoms with Crippen molar-refractivity contribution >= 4 is 11.9 Å². The first-order valence-electron chi connectivity index (χ1n) is 6.63. The van der Waals surface area contributed by atoms with Gasteiger partial charge in [-0.15, -0.1) is 0 Å². The van der Waals surface area contributed by atoms with Crippen LogP contribution in [-0.4, -0.2) is 70.2 Å². The Labute approximate surface area is 117 Å². The molecule has 6 N–H and O–H groups in total. The molecule has 0 saturated carbocycles. The Balaban J connectivity index is 0.000000367. The van der Waals surface area contributed by atoms with Gasteiger partial charge >= 0.3 is 11.9 Å². The Morgan fingerprint density at radius 1 is 1.40 bits per heavy atom. The Bertz CT molecular complexity index is 300. The van der Waals surface area contributed by atoms with E-state index in [-0.39, 0.29) is 13.0 Å². The van der Waals surface area contributed by atoms with Crippen LogP contribution in [0.1, 0.15) is 26.2 Å². The number of aliphatic carboxylic acids is 2. The maximum absolute atomic E-state index is 10.4. The van der Waals surface area contributed by atoms with Gasteiger partial charge in [0.25, 0.3) is 0 Å². The summed E-state index contributed by atoms with van der Waals surface area (Å²) in [5.74, 6) is -1.78. The van der Waals surface area contributed by atoms with Crippen LogP contribution >= 0.6 is 0 Å². The molecule has 0 spiro atoms. The fraction of sp³-hybridized carbons (Fsp3) is 0.833. The summed E-state index contributed by atoms with van der Waals surface area (Å²) < 4.78 is 0. The molecule has 1 fully saturated rings. The number of carbonyl (C=O) groups is 2. The lowest BCUT2D eigenvalue weighted by molar-refractivity contribution is -0.140. The van der Waals surface area contributed by atoms with Crippen molar-refractivity contribution in [2.24, 2.45) is 0 Å². The standard InChI is InChI=1S/C7H15NO3.C5H9NO3/c1-2-4-8-6(3-5-9)7(10)11;7-3-1-4(5(8)9)6-2-3/h6,8-9H,2-5H2,1H3,(H,10,11);3-4,6-7H,1-2H2,(H,8,9)/t;3?,4-/m.0/s1. The van der Waals surface area contributed by atoms with E-state index in [9.17, 15) is 9.59 Å². The van der Waals surface area contributed by atoms with Gasteiger partial charge in [-0.3, -0.25) is 9.59 Å². The van der Waals surface area contributed by atoms with Gasteiger partial charge in [-0.05, 0) is 19.4 Å². The minimum absolute atomic E-state index is 0.0896. The number of hydrogen-bond donors (Lipinski definition) is 6. The highest BCUT2D eigenvalue weighted by Gasteiger charge is 2.27. The molecular formula is C12H24N2O6. The highest BCUT2D eigenvalue weighted by atomic mass is 16.4. The summed E-state index contributed by atoms with van der Waals surface area (Å²) in [7, 11) is 0. The van der Waals surface area contributed by atoms with Crippen molar-refractivity contribution in [3.05, 3.63) is 0 Å². The molecule has 0 aromatic carbocycles. The average Bonchev–Trinajstić information content (AvgIpc) is 2.82. The van der Waals surface area contributed by atoms with E-state index in [4.69, 9.17) is 20.4 Å². The van der Waals surface area contributed by atoms with E-state index in [1.807, 2.05) is 6.92 Å². The molecule has 1 aliphatic heterocycles. The van der Waals surface area contributed by atoms with E-state index in [1.165, 1.54) is 0 Å². The second-order valence-corrected chi connectivity index (χ2v) is 4.55. The summed E-state index contributed by atoms with van der Waals surface area (Å²) >= 11 is 0. The monoisotopic (exact) mass is 292 g/mol. The molecule has 0 aromatic rings. The molecule has 0 aliphatic carbocycles. The van der Waals surface area contributed by atoms with Gasteiger partial charge in [0.1, 0.15) is 12.1 Å². The zero-order chi connectivity index (χ0) is 15.5. The van der Waals surface area contributed by atoms with Crippen molar-refractivity contribution in [3.8, 4) is 0 Å². The predicted octanol–water partition coefficient (Wildman–Crippen LogP) is -1.38. The van der Waals surface area contributed by atoms with Crippen molar-refractivity contribution in [1.82, 2.24) is 10.6 Å². The quantitative estimate of drug-likeness (QED) is 0.337.